The van der Waals surface area contributed by atoms with Crippen LogP contribution in [-0.4, -0.2) is 42.8 Å². The Morgan fingerprint density at radius 2 is 2.16 bits per heavy atom. The molecule has 1 N–H and O–H groups in total. The highest BCUT2D eigenvalue weighted by molar-refractivity contribution is 7.89. The molecule has 2 heterocycles. The highest BCUT2D eigenvalue weighted by Crippen LogP contribution is 2.36. The van der Waals surface area contributed by atoms with Crippen molar-refractivity contribution in [2.75, 3.05) is 7.11 Å². The number of pyridine rings is 1. The van der Waals surface area contributed by atoms with Gasteiger partial charge in [0.15, 0.2) is 0 Å². The molecule has 9 heteroatoms. The lowest BCUT2D eigenvalue weighted by atomic mass is 9.90. The lowest BCUT2D eigenvalue weighted by Gasteiger charge is -2.42. The van der Waals surface area contributed by atoms with Crippen LogP contribution in [0.5, 0.6) is 5.75 Å². The largest absolute Gasteiger partial charge is 0.495 e. The van der Waals surface area contributed by atoms with Crippen LogP contribution in [0.15, 0.2) is 60.1 Å². The minimum atomic E-state index is -4.02. The van der Waals surface area contributed by atoms with Gasteiger partial charge in [0.1, 0.15) is 11.8 Å². The van der Waals surface area contributed by atoms with Gasteiger partial charge >= 0.3 is 0 Å². The summed E-state index contributed by atoms with van der Waals surface area (Å²) in [6, 6.07) is 8.53. The van der Waals surface area contributed by atoms with Gasteiger partial charge in [-0.2, -0.15) is 4.31 Å². The second-order valence-electron chi connectivity index (χ2n) is 7.78. The van der Waals surface area contributed by atoms with Gasteiger partial charge in [0.2, 0.25) is 15.9 Å². The summed E-state index contributed by atoms with van der Waals surface area (Å²) in [7, 11) is -2.56. The fourth-order valence-electron chi connectivity index (χ4n) is 3.98. The van der Waals surface area contributed by atoms with Crippen LogP contribution in [0.1, 0.15) is 31.9 Å². The first-order chi connectivity index (χ1) is 15.3. The van der Waals surface area contributed by atoms with E-state index in [1.807, 2.05) is 13.0 Å². The molecular weight excluding hydrogens is 450 g/mol. The van der Waals surface area contributed by atoms with Crippen molar-refractivity contribution in [1.82, 2.24) is 14.6 Å². The predicted molar refractivity (Wildman–Crippen MR) is 124 cm³/mol. The van der Waals surface area contributed by atoms with Crippen molar-refractivity contribution in [2.24, 2.45) is 5.92 Å². The molecule has 1 aliphatic rings. The molecule has 0 bridgehead atoms. The molecule has 1 aliphatic heterocycles. The third-order valence-corrected chi connectivity index (χ3v) is 7.99. The standard InChI is InChI=1S/C23H28ClN3O4S/c1-4-16(2)20-9-7-10-21(23(28)26-15-17-8-5-6-13-25-17)27(20)32(29,30)18-11-12-22(31-3)19(24)14-18/h4-6,8,11-14,16,20-21H,1,7,9-10,15H2,2-3H3,(H,26,28)/t16-,20+,21?/m1/s1. The van der Waals surface area contributed by atoms with Crippen molar-refractivity contribution >= 4 is 27.5 Å². The minimum absolute atomic E-state index is 0.0222. The Kier molecular flexibility index (Phi) is 7.92. The van der Waals surface area contributed by atoms with E-state index < -0.39 is 22.1 Å². The van der Waals surface area contributed by atoms with Gasteiger partial charge in [-0.25, -0.2) is 8.42 Å². The highest BCUT2D eigenvalue weighted by atomic mass is 35.5. The van der Waals surface area contributed by atoms with E-state index in [2.05, 4.69) is 16.9 Å². The van der Waals surface area contributed by atoms with Gasteiger partial charge in [-0.15, -0.1) is 6.58 Å². The first-order valence-electron chi connectivity index (χ1n) is 10.5. The number of nitrogens with one attached hydrogen (secondary N) is 1. The van der Waals surface area contributed by atoms with E-state index in [1.54, 1.807) is 24.4 Å². The molecule has 0 saturated carbocycles. The van der Waals surface area contributed by atoms with Crippen LogP contribution >= 0.6 is 11.6 Å². The highest BCUT2D eigenvalue weighted by Gasteiger charge is 2.44. The number of hydrogen-bond acceptors (Lipinski definition) is 5. The molecule has 1 amide bonds. The van der Waals surface area contributed by atoms with E-state index >= 15 is 0 Å². The summed E-state index contributed by atoms with van der Waals surface area (Å²) in [5.74, 6) is -0.102. The fraction of sp³-hybridized carbons (Fsp3) is 0.391. The summed E-state index contributed by atoms with van der Waals surface area (Å²) >= 11 is 6.21. The lowest BCUT2D eigenvalue weighted by Crippen LogP contribution is -2.57. The van der Waals surface area contributed by atoms with Crippen molar-refractivity contribution in [3.05, 3.63) is 66.0 Å². The maximum Gasteiger partial charge on any atom is 0.244 e. The molecule has 1 unspecified atom stereocenters. The number of piperidine rings is 1. The summed E-state index contributed by atoms with van der Waals surface area (Å²) in [5, 5.41) is 3.04. The van der Waals surface area contributed by atoms with E-state index in [0.717, 1.165) is 6.42 Å². The van der Waals surface area contributed by atoms with Gasteiger partial charge < -0.3 is 10.1 Å². The first kappa shape index (κ1) is 24.2. The van der Waals surface area contributed by atoms with Gasteiger partial charge in [-0.05, 0) is 55.5 Å². The zero-order valence-electron chi connectivity index (χ0n) is 18.2. The number of halogens is 1. The van der Waals surface area contributed by atoms with Crippen LogP contribution < -0.4 is 10.1 Å². The number of carbonyl (C=O) groups is 1. The Bertz CT molecular complexity index is 1060. The molecule has 32 heavy (non-hydrogen) atoms. The van der Waals surface area contributed by atoms with E-state index in [0.29, 0.717) is 24.3 Å². The van der Waals surface area contributed by atoms with Crippen molar-refractivity contribution < 1.29 is 17.9 Å². The third kappa shape index (κ3) is 5.14. The molecule has 7 nitrogen and oxygen atoms in total. The topological polar surface area (TPSA) is 88.6 Å². The van der Waals surface area contributed by atoms with Crippen molar-refractivity contribution in [3.8, 4) is 5.75 Å². The molecule has 2 aromatic rings. The molecule has 3 atom stereocenters. The third-order valence-electron chi connectivity index (χ3n) is 5.76. The molecule has 1 saturated heterocycles. The van der Waals surface area contributed by atoms with E-state index in [4.69, 9.17) is 16.3 Å². The van der Waals surface area contributed by atoms with Gasteiger partial charge in [-0.3, -0.25) is 9.78 Å². The van der Waals surface area contributed by atoms with E-state index in [1.165, 1.54) is 29.6 Å². The molecule has 1 fully saturated rings. The maximum absolute atomic E-state index is 13.8. The van der Waals surface area contributed by atoms with Crippen molar-refractivity contribution in [1.29, 1.82) is 0 Å². The monoisotopic (exact) mass is 477 g/mol. The lowest BCUT2D eigenvalue weighted by molar-refractivity contribution is -0.126. The Morgan fingerprint density at radius 1 is 1.38 bits per heavy atom. The number of amides is 1. The van der Waals surface area contributed by atoms with Crippen LogP contribution in [0.25, 0.3) is 0 Å². The molecule has 1 aromatic heterocycles. The summed E-state index contributed by atoms with van der Waals surface area (Å²) in [6.07, 6.45) is 5.17. The van der Waals surface area contributed by atoms with Crippen molar-refractivity contribution in [3.63, 3.8) is 0 Å². The average molecular weight is 478 g/mol. The molecule has 1 aromatic carbocycles. The Balaban J connectivity index is 1.95. The molecule has 0 spiro atoms. The van der Waals surface area contributed by atoms with Crippen LogP contribution in [-0.2, 0) is 21.4 Å². The SMILES string of the molecule is C=C[C@@H](C)[C@@H]1CCCC(C(=O)NCc2ccccn2)N1S(=O)(=O)c1ccc(OC)c(Cl)c1. The zero-order valence-corrected chi connectivity index (χ0v) is 19.8. The number of carbonyl (C=O) groups excluding carboxylic acids is 1. The quantitative estimate of drug-likeness (QED) is 0.584. The number of sulfonamides is 1. The summed E-state index contributed by atoms with van der Waals surface area (Å²) in [6.45, 7) is 5.97. The first-order valence-corrected chi connectivity index (χ1v) is 12.3. The number of aromatic nitrogens is 1. The van der Waals surface area contributed by atoms with Crippen LogP contribution in [0.3, 0.4) is 0 Å². The second-order valence-corrected chi connectivity index (χ2v) is 10.0. The van der Waals surface area contributed by atoms with Crippen LogP contribution in [0.2, 0.25) is 5.02 Å². The number of ether oxygens (including phenoxy) is 1. The normalized spacial score (nSPS) is 20.3. The molecular formula is C23H28ClN3O4S. The number of methoxy groups -OCH3 is 1. The Labute approximate surface area is 194 Å². The maximum atomic E-state index is 13.8. The van der Waals surface area contributed by atoms with Crippen molar-refractivity contribution in [2.45, 2.75) is 49.7 Å². The molecule has 0 radical (unpaired) electrons. The minimum Gasteiger partial charge on any atom is -0.495 e. The molecule has 0 aliphatic carbocycles. The number of benzene rings is 1. The Morgan fingerprint density at radius 3 is 2.78 bits per heavy atom. The summed E-state index contributed by atoms with van der Waals surface area (Å²) in [4.78, 5) is 17.4. The second kappa shape index (κ2) is 10.5. The van der Waals surface area contributed by atoms with Gasteiger partial charge in [0, 0.05) is 12.2 Å². The van der Waals surface area contributed by atoms with Crippen LogP contribution in [0, 0.1) is 5.92 Å². The number of rotatable bonds is 8. The summed E-state index contributed by atoms with van der Waals surface area (Å²) < 4.78 is 34.0. The molecule has 3 rings (SSSR count). The number of nitrogens with zero attached hydrogens (tertiary/aromatic N) is 2. The van der Waals surface area contributed by atoms with Gasteiger partial charge in [-0.1, -0.05) is 30.7 Å². The summed E-state index contributed by atoms with van der Waals surface area (Å²) in [5.41, 5.74) is 0.698. The van der Waals surface area contributed by atoms with E-state index in [-0.39, 0.29) is 28.3 Å². The number of hydrogen-bond donors (Lipinski definition) is 1. The zero-order chi connectivity index (χ0) is 23.3. The fourth-order valence-corrected chi connectivity index (χ4v) is 6.24. The average Bonchev–Trinajstić information content (AvgIpc) is 2.82. The van der Waals surface area contributed by atoms with Gasteiger partial charge in [0.05, 0.1) is 29.3 Å². The predicted octanol–water partition coefficient (Wildman–Crippen LogP) is 3.79. The molecule has 172 valence electrons. The smallest absolute Gasteiger partial charge is 0.244 e. The van der Waals surface area contributed by atoms with Crippen LogP contribution in [0.4, 0.5) is 0 Å². The Hall–Kier alpha value is -2.42. The van der Waals surface area contributed by atoms with Gasteiger partial charge in [0.25, 0.3) is 0 Å². The van der Waals surface area contributed by atoms with E-state index in [9.17, 15) is 13.2 Å².